The molecule has 0 atom stereocenters. The summed E-state index contributed by atoms with van der Waals surface area (Å²) in [6.45, 7) is 2.91. The third-order valence-electron chi connectivity index (χ3n) is 4.43. The van der Waals surface area contributed by atoms with Gasteiger partial charge in [0, 0.05) is 24.8 Å². The molecule has 0 bridgehead atoms. The molecule has 0 amide bonds. The Balaban J connectivity index is 1.64. The van der Waals surface area contributed by atoms with Gasteiger partial charge in [-0.15, -0.1) is 0 Å². The molecule has 29 heavy (non-hydrogen) atoms. The van der Waals surface area contributed by atoms with Crippen LogP contribution in [0.3, 0.4) is 0 Å². The maximum absolute atomic E-state index is 11.5. The molecule has 1 aliphatic rings. The van der Waals surface area contributed by atoms with Gasteiger partial charge in [0.15, 0.2) is 5.13 Å². The predicted octanol–water partition coefficient (Wildman–Crippen LogP) is 2.43. The number of nitrogens with two attached hydrogens (primary N) is 1. The van der Waals surface area contributed by atoms with Crippen molar-refractivity contribution in [1.29, 1.82) is 0 Å². The third kappa shape index (κ3) is 4.15. The van der Waals surface area contributed by atoms with Crippen LogP contribution in [0.2, 0.25) is 0 Å². The number of aromatic nitrogens is 1. The first-order valence-electron chi connectivity index (χ1n) is 8.63. The summed E-state index contributed by atoms with van der Waals surface area (Å²) in [5.41, 5.74) is 1.25. The summed E-state index contributed by atoms with van der Waals surface area (Å²) < 4.78 is 29.2. The highest BCUT2D eigenvalue weighted by atomic mass is 32.2. The Morgan fingerprint density at radius 1 is 1.21 bits per heavy atom. The van der Waals surface area contributed by atoms with E-state index in [2.05, 4.69) is 15.2 Å². The van der Waals surface area contributed by atoms with Crippen LogP contribution in [-0.4, -0.2) is 44.6 Å². The molecule has 0 aliphatic carbocycles. The lowest BCUT2D eigenvalue weighted by molar-refractivity contribution is -0.384. The van der Waals surface area contributed by atoms with Crippen LogP contribution in [0, 0.1) is 10.1 Å². The van der Waals surface area contributed by atoms with Crippen molar-refractivity contribution in [2.24, 2.45) is 5.14 Å². The Kier molecular flexibility index (Phi) is 5.08. The van der Waals surface area contributed by atoms with E-state index in [1.807, 2.05) is 12.1 Å². The number of sulfonamides is 1. The molecule has 12 heteroatoms. The number of thiazole rings is 1. The number of rotatable bonds is 5. The van der Waals surface area contributed by atoms with Gasteiger partial charge in [-0.3, -0.25) is 10.1 Å². The van der Waals surface area contributed by atoms with Gasteiger partial charge in [0.1, 0.15) is 5.69 Å². The molecule has 0 saturated carbocycles. The van der Waals surface area contributed by atoms with Crippen LogP contribution in [0.15, 0.2) is 41.3 Å². The van der Waals surface area contributed by atoms with Crippen molar-refractivity contribution < 1.29 is 18.1 Å². The van der Waals surface area contributed by atoms with Crippen molar-refractivity contribution in [3.8, 4) is 0 Å². The van der Waals surface area contributed by atoms with Gasteiger partial charge in [0.25, 0.3) is 5.69 Å². The van der Waals surface area contributed by atoms with Gasteiger partial charge in [-0.1, -0.05) is 11.3 Å². The van der Waals surface area contributed by atoms with Gasteiger partial charge in [0.05, 0.1) is 33.2 Å². The molecular weight excluding hydrogens is 418 g/mol. The number of nitrogens with zero attached hydrogens (tertiary/aromatic N) is 3. The first-order chi connectivity index (χ1) is 13.8. The van der Waals surface area contributed by atoms with Crippen molar-refractivity contribution >= 4 is 53.8 Å². The molecule has 10 nitrogen and oxygen atoms in total. The highest BCUT2D eigenvalue weighted by Crippen LogP contribution is 2.34. The molecule has 1 fully saturated rings. The maximum atomic E-state index is 11.5. The number of hydrogen-bond acceptors (Lipinski definition) is 9. The number of fused-ring (bicyclic) bond motifs is 1. The van der Waals surface area contributed by atoms with Crippen LogP contribution in [0.5, 0.6) is 0 Å². The predicted molar refractivity (Wildman–Crippen MR) is 110 cm³/mol. The zero-order chi connectivity index (χ0) is 20.6. The molecule has 0 radical (unpaired) electrons. The Hall–Kier alpha value is -2.80. The number of anilines is 3. The average molecular weight is 435 g/mol. The number of hydrogen-bond donors (Lipinski definition) is 2. The van der Waals surface area contributed by atoms with Crippen LogP contribution in [0.4, 0.5) is 22.2 Å². The summed E-state index contributed by atoms with van der Waals surface area (Å²) in [5, 5.41) is 20.3. The number of nitro groups is 1. The van der Waals surface area contributed by atoms with Crippen molar-refractivity contribution in [2.45, 2.75) is 4.90 Å². The fourth-order valence-corrected chi connectivity index (χ4v) is 4.57. The van der Waals surface area contributed by atoms with Crippen LogP contribution >= 0.6 is 11.3 Å². The van der Waals surface area contributed by atoms with Crippen LogP contribution in [0.25, 0.3) is 10.2 Å². The molecular formula is C17H17N5O5S2. The second-order valence-electron chi connectivity index (χ2n) is 6.38. The second kappa shape index (κ2) is 7.55. The lowest BCUT2D eigenvalue weighted by Crippen LogP contribution is -2.36. The second-order valence-corrected chi connectivity index (χ2v) is 8.95. The first-order valence-corrected chi connectivity index (χ1v) is 11.0. The van der Waals surface area contributed by atoms with E-state index in [1.54, 1.807) is 6.07 Å². The standard InChI is InChI=1S/C17H17N5O5S2/c18-29(25,26)12-2-4-13(15(10-12)22(23)24)19-11-1-3-14-16(9-11)28-17(20-14)21-5-7-27-8-6-21/h1-4,9-10,19H,5-8H2,(H2,18,25,26). The Bertz CT molecular complexity index is 1190. The number of primary sulfonamides is 1. The van der Waals surface area contributed by atoms with Gasteiger partial charge >= 0.3 is 0 Å². The highest BCUT2D eigenvalue weighted by Gasteiger charge is 2.20. The molecule has 152 valence electrons. The monoisotopic (exact) mass is 435 g/mol. The molecule has 1 aromatic heterocycles. The number of morpholine rings is 1. The van der Waals surface area contributed by atoms with Crippen molar-refractivity contribution in [3.05, 3.63) is 46.5 Å². The van der Waals surface area contributed by atoms with E-state index >= 15 is 0 Å². The van der Waals surface area contributed by atoms with E-state index in [9.17, 15) is 18.5 Å². The fraction of sp³-hybridized carbons (Fsp3) is 0.235. The fourth-order valence-electron chi connectivity index (χ4n) is 2.98. The maximum Gasteiger partial charge on any atom is 0.294 e. The summed E-state index contributed by atoms with van der Waals surface area (Å²) in [7, 11) is -4.04. The Labute approximate surface area is 170 Å². The van der Waals surface area contributed by atoms with Crippen LogP contribution in [-0.2, 0) is 14.8 Å². The molecule has 3 N–H and O–H groups in total. The summed E-state index contributed by atoms with van der Waals surface area (Å²) in [4.78, 5) is 17.2. The van der Waals surface area contributed by atoms with Crippen LogP contribution in [0.1, 0.15) is 0 Å². The van der Waals surface area contributed by atoms with E-state index in [1.165, 1.54) is 23.5 Å². The number of benzene rings is 2. The zero-order valence-corrected chi connectivity index (χ0v) is 16.7. The molecule has 0 unspecified atom stereocenters. The number of ether oxygens (including phenoxy) is 1. The summed E-state index contributed by atoms with van der Waals surface area (Å²) in [5.74, 6) is 0. The molecule has 1 saturated heterocycles. The summed E-state index contributed by atoms with van der Waals surface area (Å²) in [6.07, 6.45) is 0. The molecule has 2 heterocycles. The van der Waals surface area contributed by atoms with E-state index in [0.29, 0.717) is 18.9 Å². The molecule has 3 aromatic rings. The minimum Gasteiger partial charge on any atom is -0.378 e. The lowest BCUT2D eigenvalue weighted by Gasteiger charge is -2.25. The molecule has 4 rings (SSSR count). The van der Waals surface area contributed by atoms with Gasteiger partial charge in [-0.2, -0.15) is 0 Å². The van der Waals surface area contributed by atoms with E-state index in [0.717, 1.165) is 34.5 Å². The van der Waals surface area contributed by atoms with E-state index in [4.69, 9.17) is 9.88 Å². The Morgan fingerprint density at radius 2 is 1.97 bits per heavy atom. The third-order valence-corrected chi connectivity index (χ3v) is 6.42. The number of nitrogens with one attached hydrogen (secondary N) is 1. The van der Waals surface area contributed by atoms with E-state index in [-0.39, 0.29) is 16.3 Å². The van der Waals surface area contributed by atoms with E-state index < -0.39 is 14.9 Å². The van der Waals surface area contributed by atoms with Gasteiger partial charge < -0.3 is 15.0 Å². The minimum atomic E-state index is -4.04. The number of nitro benzene ring substituents is 1. The highest BCUT2D eigenvalue weighted by molar-refractivity contribution is 7.89. The zero-order valence-electron chi connectivity index (χ0n) is 15.1. The Morgan fingerprint density at radius 3 is 2.66 bits per heavy atom. The quantitative estimate of drug-likeness (QED) is 0.460. The lowest BCUT2D eigenvalue weighted by atomic mass is 10.2. The summed E-state index contributed by atoms with van der Waals surface area (Å²) >= 11 is 1.53. The molecule has 2 aromatic carbocycles. The topological polar surface area (TPSA) is 141 Å². The minimum absolute atomic E-state index is 0.166. The smallest absolute Gasteiger partial charge is 0.294 e. The normalized spacial score (nSPS) is 14.9. The van der Waals surface area contributed by atoms with Crippen molar-refractivity contribution in [2.75, 3.05) is 36.5 Å². The summed E-state index contributed by atoms with van der Waals surface area (Å²) in [6, 6.07) is 8.96. The average Bonchev–Trinajstić information content (AvgIpc) is 3.11. The molecule has 0 spiro atoms. The van der Waals surface area contributed by atoms with Crippen LogP contribution < -0.4 is 15.4 Å². The van der Waals surface area contributed by atoms with Gasteiger partial charge in [-0.25, -0.2) is 18.5 Å². The van der Waals surface area contributed by atoms with Gasteiger partial charge in [-0.05, 0) is 30.3 Å². The molecule has 1 aliphatic heterocycles. The van der Waals surface area contributed by atoms with Crippen molar-refractivity contribution in [3.63, 3.8) is 0 Å². The van der Waals surface area contributed by atoms with Crippen molar-refractivity contribution in [1.82, 2.24) is 4.98 Å². The van der Waals surface area contributed by atoms with Gasteiger partial charge in [0.2, 0.25) is 10.0 Å². The largest absolute Gasteiger partial charge is 0.378 e. The first kappa shape index (κ1) is 19.5. The SMILES string of the molecule is NS(=O)(=O)c1ccc(Nc2ccc3nc(N4CCOCC4)sc3c2)c([N+](=O)[O-])c1.